The Bertz CT molecular complexity index is 961. The topological polar surface area (TPSA) is 143 Å². The van der Waals surface area contributed by atoms with Crippen LogP contribution in [0, 0.1) is 10.1 Å². The molecule has 34 heavy (non-hydrogen) atoms. The molecular weight excluding hydrogens is 446 g/mol. The number of aliphatic carboxylic acids is 2. The SMILES string of the molecule is CCOc1cc(CN2CCN(Cc3ccc([N+](=O)[O-])cc3)CC2)ccc1OC.O=C(O)C(=O)O. The van der Waals surface area contributed by atoms with Gasteiger partial charge < -0.3 is 19.7 Å². The number of nitro groups is 1. The summed E-state index contributed by atoms with van der Waals surface area (Å²) in [5, 5.41) is 25.5. The minimum absolute atomic E-state index is 0.138. The van der Waals surface area contributed by atoms with Crippen molar-refractivity contribution in [2.24, 2.45) is 0 Å². The molecule has 2 N–H and O–H groups in total. The van der Waals surface area contributed by atoms with E-state index in [1.165, 1.54) is 5.56 Å². The number of hydrogen-bond acceptors (Lipinski definition) is 8. The van der Waals surface area contributed by atoms with E-state index in [9.17, 15) is 10.1 Å². The quantitative estimate of drug-likeness (QED) is 0.332. The number of benzene rings is 2. The first-order valence-electron chi connectivity index (χ1n) is 10.7. The van der Waals surface area contributed by atoms with Gasteiger partial charge in [0.05, 0.1) is 18.6 Å². The smallest absolute Gasteiger partial charge is 0.414 e. The average Bonchev–Trinajstić information content (AvgIpc) is 2.81. The summed E-state index contributed by atoms with van der Waals surface area (Å²) < 4.78 is 11.0. The molecule has 2 aromatic carbocycles. The number of rotatable bonds is 8. The highest BCUT2D eigenvalue weighted by molar-refractivity contribution is 6.27. The molecule has 1 saturated heterocycles. The van der Waals surface area contributed by atoms with Gasteiger partial charge in [-0.05, 0) is 30.2 Å². The average molecular weight is 475 g/mol. The fourth-order valence-electron chi connectivity index (χ4n) is 3.43. The van der Waals surface area contributed by atoms with Crippen LogP contribution in [0.4, 0.5) is 5.69 Å². The van der Waals surface area contributed by atoms with Gasteiger partial charge in [0.15, 0.2) is 11.5 Å². The van der Waals surface area contributed by atoms with Crippen LogP contribution in [0.15, 0.2) is 42.5 Å². The summed E-state index contributed by atoms with van der Waals surface area (Å²) in [5.74, 6) is -2.09. The third-order valence-corrected chi connectivity index (χ3v) is 5.14. The van der Waals surface area contributed by atoms with Gasteiger partial charge in [0.1, 0.15) is 0 Å². The molecule has 0 saturated carbocycles. The number of hydrogen-bond donors (Lipinski definition) is 2. The second-order valence-corrected chi connectivity index (χ2v) is 7.50. The molecule has 0 atom stereocenters. The molecule has 0 bridgehead atoms. The Labute approximate surface area is 197 Å². The number of nitro benzene ring substituents is 1. The molecule has 0 spiro atoms. The number of nitrogens with zero attached hydrogens (tertiary/aromatic N) is 3. The number of ether oxygens (including phenoxy) is 2. The van der Waals surface area contributed by atoms with Crippen LogP contribution in [0.3, 0.4) is 0 Å². The zero-order valence-electron chi connectivity index (χ0n) is 19.2. The highest BCUT2D eigenvalue weighted by Gasteiger charge is 2.18. The fraction of sp³-hybridized carbons (Fsp3) is 0.391. The fourth-order valence-corrected chi connectivity index (χ4v) is 3.43. The Morgan fingerprint density at radius 1 is 0.912 bits per heavy atom. The van der Waals surface area contributed by atoms with Gasteiger partial charge in [-0.1, -0.05) is 18.2 Å². The Morgan fingerprint density at radius 2 is 1.41 bits per heavy atom. The number of piperazine rings is 1. The summed E-state index contributed by atoms with van der Waals surface area (Å²) in [7, 11) is 1.65. The number of non-ortho nitro benzene ring substituents is 1. The normalized spacial score (nSPS) is 13.9. The number of carbonyl (C=O) groups is 2. The molecule has 184 valence electrons. The van der Waals surface area contributed by atoms with E-state index in [0.717, 1.165) is 56.3 Å². The van der Waals surface area contributed by atoms with E-state index >= 15 is 0 Å². The summed E-state index contributed by atoms with van der Waals surface area (Å²) in [6.07, 6.45) is 0. The first-order valence-corrected chi connectivity index (χ1v) is 10.7. The molecular formula is C23H29N3O8. The van der Waals surface area contributed by atoms with Crippen molar-refractivity contribution in [2.75, 3.05) is 39.9 Å². The first-order chi connectivity index (χ1) is 16.2. The molecule has 0 radical (unpaired) electrons. The molecule has 1 aliphatic rings. The van der Waals surface area contributed by atoms with E-state index in [1.807, 2.05) is 25.1 Å². The molecule has 0 aliphatic carbocycles. The summed E-state index contributed by atoms with van der Waals surface area (Å²) in [6.45, 7) is 8.22. The maximum Gasteiger partial charge on any atom is 0.414 e. The Balaban J connectivity index is 0.000000604. The van der Waals surface area contributed by atoms with E-state index in [-0.39, 0.29) is 10.6 Å². The monoisotopic (exact) mass is 475 g/mol. The number of carboxylic acid groups (broad SMARTS) is 2. The maximum atomic E-state index is 10.8. The van der Waals surface area contributed by atoms with Crippen molar-refractivity contribution in [1.29, 1.82) is 0 Å². The van der Waals surface area contributed by atoms with Gasteiger partial charge in [0.25, 0.3) is 5.69 Å². The van der Waals surface area contributed by atoms with Crippen molar-refractivity contribution in [2.45, 2.75) is 20.0 Å². The number of methoxy groups -OCH3 is 1. The molecule has 0 amide bonds. The van der Waals surface area contributed by atoms with Crippen LogP contribution in [0.25, 0.3) is 0 Å². The van der Waals surface area contributed by atoms with Crippen molar-refractivity contribution < 1.29 is 34.2 Å². The second kappa shape index (κ2) is 13.1. The minimum Gasteiger partial charge on any atom is -0.493 e. The lowest BCUT2D eigenvalue weighted by Gasteiger charge is -2.34. The molecule has 2 aromatic rings. The Hall–Kier alpha value is -3.70. The third-order valence-electron chi connectivity index (χ3n) is 5.14. The van der Waals surface area contributed by atoms with Gasteiger partial charge in [-0.2, -0.15) is 0 Å². The Kier molecular flexibility index (Phi) is 10.2. The number of carboxylic acids is 2. The second-order valence-electron chi connectivity index (χ2n) is 7.50. The Morgan fingerprint density at radius 3 is 1.85 bits per heavy atom. The van der Waals surface area contributed by atoms with E-state index in [4.69, 9.17) is 29.3 Å². The van der Waals surface area contributed by atoms with Crippen molar-refractivity contribution >= 4 is 17.6 Å². The zero-order valence-corrected chi connectivity index (χ0v) is 19.2. The summed E-state index contributed by atoms with van der Waals surface area (Å²) in [6, 6.07) is 13.0. The van der Waals surface area contributed by atoms with Crippen LogP contribution < -0.4 is 9.47 Å². The van der Waals surface area contributed by atoms with Gasteiger partial charge in [0, 0.05) is 51.4 Å². The molecule has 0 unspecified atom stereocenters. The van der Waals surface area contributed by atoms with E-state index < -0.39 is 11.9 Å². The first kappa shape index (κ1) is 26.6. The lowest BCUT2D eigenvalue weighted by atomic mass is 10.1. The van der Waals surface area contributed by atoms with Gasteiger partial charge in [-0.25, -0.2) is 9.59 Å². The van der Waals surface area contributed by atoms with Gasteiger partial charge in [-0.3, -0.25) is 19.9 Å². The van der Waals surface area contributed by atoms with Crippen LogP contribution in [-0.4, -0.2) is 76.8 Å². The molecule has 11 heteroatoms. The lowest BCUT2D eigenvalue weighted by Crippen LogP contribution is -2.45. The van der Waals surface area contributed by atoms with Crippen LogP contribution >= 0.6 is 0 Å². The van der Waals surface area contributed by atoms with E-state index in [2.05, 4.69) is 21.9 Å². The summed E-state index contributed by atoms with van der Waals surface area (Å²) in [4.78, 5) is 33.4. The molecule has 11 nitrogen and oxygen atoms in total. The van der Waals surface area contributed by atoms with Gasteiger partial charge >= 0.3 is 11.9 Å². The minimum atomic E-state index is -1.82. The molecule has 1 aliphatic heterocycles. The molecule has 0 aromatic heterocycles. The van der Waals surface area contributed by atoms with Crippen LogP contribution in [-0.2, 0) is 22.7 Å². The molecule has 3 rings (SSSR count). The standard InChI is InChI=1S/C21H27N3O4.C2H2O4/c1-3-28-21-14-18(6-9-20(21)27-2)16-23-12-10-22(11-13-23)15-17-4-7-19(8-5-17)24(25)26;3-1(4)2(5)6/h4-9,14H,3,10-13,15-16H2,1-2H3;(H,3,4)(H,5,6). The van der Waals surface area contributed by atoms with Gasteiger partial charge in [-0.15, -0.1) is 0 Å². The summed E-state index contributed by atoms with van der Waals surface area (Å²) in [5.41, 5.74) is 2.46. The predicted molar refractivity (Wildman–Crippen MR) is 123 cm³/mol. The third kappa shape index (κ3) is 8.34. The molecule has 1 fully saturated rings. The largest absolute Gasteiger partial charge is 0.493 e. The van der Waals surface area contributed by atoms with Crippen LogP contribution in [0.2, 0.25) is 0 Å². The van der Waals surface area contributed by atoms with Crippen LogP contribution in [0.1, 0.15) is 18.1 Å². The van der Waals surface area contributed by atoms with Gasteiger partial charge in [0.2, 0.25) is 0 Å². The maximum absolute atomic E-state index is 10.8. The predicted octanol–water partition coefficient (Wildman–Crippen LogP) is 2.48. The van der Waals surface area contributed by atoms with Crippen molar-refractivity contribution in [3.63, 3.8) is 0 Å². The van der Waals surface area contributed by atoms with Crippen molar-refractivity contribution in [3.05, 3.63) is 63.7 Å². The lowest BCUT2D eigenvalue weighted by molar-refractivity contribution is -0.384. The zero-order chi connectivity index (χ0) is 25.1. The van der Waals surface area contributed by atoms with Crippen molar-refractivity contribution in [3.8, 4) is 11.5 Å². The van der Waals surface area contributed by atoms with E-state index in [0.29, 0.717) is 6.61 Å². The van der Waals surface area contributed by atoms with Crippen molar-refractivity contribution in [1.82, 2.24) is 9.80 Å². The highest BCUT2D eigenvalue weighted by Crippen LogP contribution is 2.28. The molecule has 1 heterocycles. The van der Waals surface area contributed by atoms with Crippen LogP contribution in [0.5, 0.6) is 11.5 Å². The van der Waals surface area contributed by atoms with E-state index in [1.54, 1.807) is 19.2 Å². The highest BCUT2D eigenvalue weighted by atomic mass is 16.6. The summed E-state index contributed by atoms with van der Waals surface area (Å²) >= 11 is 0.